The maximum absolute atomic E-state index is 13.5. The second-order valence-electron chi connectivity index (χ2n) is 9.30. The molecule has 0 spiro atoms. The topological polar surface area (TPSA) is 107 Å². The van der Waals surface area contributed by atoms with Crippen LogP contribution in [0.1, 0.15) is 42.2 Å². The number of nitrogens with one attached hydrogen (secondary N) is 1. The number of carbonyl (C=O) groups excluding carboxylic acids is 2. The van der Waals surface area contributed by atoms with Crippen molar-refractivity contribution >= 4 is 11.9 Å². The van der Waals surface area contributed by atoms with E-state index in [1.165, 1.54) is 31.5 Å². The molecule has 200 valence electrons. The molecule has 0 radical (unpaired) electrons. The lowest BCUT2D eigenvalue weighted by atomic mass is 9.86. The summed E-state index contributed by atoms with van der Waals surface area (Å²) in [5.74, 6) is -1.34. The Labute approximate surface area is 220 Å². The van der Waals surface area contributed by atoms with E-state index in [0.29, 0.717) is 31.4 Å². The highest BCUT2D eigenvalue weighted by Crippen LogP contribution is 2.30. The molecule has 2 N–H and O–H groups in total. The van der Waals surface area contributed by atoms with Crippen LogP contribution in [0.3, 0.4) is 0 Å². The average Bonchev–Trinajstić information content (AvgIpc) is 2.96. The second kappa shape index (κ2) is 12.4. The summed E-state index contributed by atoms with van der Waals surface area (Å²) in [6.07, 6.45) is 2.38. The number of para-hydroxylation sites is 1. The Bertz CT molecular complexity index is 1240. The van der Waals surface area contributed by atoms with Gasteiger partial charge in [0.15, 0.2) is 17.2 Å². The number of benzene rings is 2. The molecule has 8 nitrogen and oxygen atoms in total. The zero-order chi connectivity index (χ0) is 27.1. The van der Waals surface area contributed by atoms with Crippen LogP contribution in [0.5, 0.6) is 17.2 Å². The molecule has 4 rings (SSSR count). The van der Waals surface area contributed by atoms with E-state index in [1.807, 2.05) is 30.3 Å². The fourth-order valence-electron chi connectivity index (χ4n) is 4.70. The number of hydrogen-bond acceptors (Lipinski definition) is 7. The number of methoxy groups -OCH3 is 1. The van der Waals surface area contributed by atoms with Crippen LogP contribution >= 0.6 is 0 Å². The highest BCUT2D eigenvalue weighted by atomic mass is 19.1. The summed E-state index contributed by atoms with van der Waals surface area (Å²) in [6, 6.07) is 16.1. The van der Waals surface area contributed by atoms with Crippen molar-refractivity contribution in [2.24, 2.45) is 5.92 Å². The number of ether oxygens (including phenoxy) is 3. The first-order chi connectivity index (χ1) is 18.4. The van der Waals surface area contributed by atoms with Gasteiger partial charge in [0.2, 0.25) is 0 Å². The number of hydrogen-bond donors (Lipinski definition) is 2. The Morgan fingerprint density at radius 3 is 2.58 bits per heavy atom. The Balaban J connectivity index is 1.55. The van der Waals surface area contributed by atoms with E-state index >= 15 is 0 Å². The van der Waals surface area contributed by atoms with Gasteiger partial charge in [0, 0.05) is 18.2 Å². The second-order valence-corrected chi connectivity index (χ2v) is 9.30. The number of cyclic esters (lactones) is 1. The fraction of sp³-hybridized carbons (Fsp3) is 0.345. The van der Waals surface area contributed by atoms with E-state index in [9.17, 15) is 19.1 Å². The number of pyridine rings is 1. The molecule has 1 aliphatic heterocycles. The van der Waals surface area contributed by atoms with Crippen molar-refractivity contribution in [1.29, 1.82) is 0 Å². The maximum Gasteiger partial charge on any atom is 0.329 e. The first-order valence-electron chi connectivity index (χ1n) is 12.5. The van der Waals surface area contributed by atoms with E-state index in [4.69, 9.17) is 14.2 Å². The van der Waals surface area contributed by atoms with Crippen LogP contribution in [-0.4, -0.2) is 47.3 Å². The zero-order valence-electron chi connectivity index (χ0n) is 21.3. The molecule has 1 amide bonds. The smallest absolute Gasteiger partial charge is 0.329 e. The summed E-state index contributed by atoms with van der Waals surface area (Å²) in [5, 5.41) is 13.0. The van der Waals surface area contributed by atoms with Gasteiger partial charge in [-0.3, -0.25) is 4.79 Å². The van der Waals surface area contributed by atoms with Crippen LogP contribution in [0, 0.1) is 11.7 Å². The first kappa shape index (κ1) is 26.9. The van der Waals surface area contributed by atoms with Gasteiger partial charge in [-0.25, -0.2) is 14.2 Å². The zero-order valence-corrected chi connectivity index (χ0v) is 21.3. The van der Waals surface area contributed by atoms with Gasteiger partial charge in [0.05, 0.1) is 7.11 Å². The average molecular weight is 523 g/mol. The number of aromatic hydroxyl groups is 1. The number of halogens is 1. The van der Waals surface area contributed by atoms with E-state index in [1.54, 1.807) is 19.1 Å². The van der Waals surface area contributed by atoms with Crippen molar-refractivity contribution in [3.63, 3.8) is 0 Å². The van der Waals surface area contributed by atoms with Crippen molar-refractivity contribution in [3.05, 3.63) is 83.9 Å². The standard InChI is InChI=1S/C29H31FN2O6/c1-18-27(38-22-8-4-3-5-9-22)20(17-19-11-13-21(30)14-12-19)7-6-10-23(29(35)37-18)32-28(34)25-26(33)24(36-2)15-16-31-25/h3-5,8-9,11-16,18,20,23,27,33H,6-7,10,17H2,1-2H3,(H,32,34)/t18-,20+,23-,27-/m0/s1. The summed E-state index contributed by atoms with van der Waals surface area (Å²) >= 11 is 0. The molecule has 1 aromatic heterocycles. The molecule has 0 aliphatic carbocycles. The highest BCUT2D eigenvalue weighted by molar-refractivity contribution is 5.97. The number of esters is 1. The van der Waals surface area contributed by atoms with Crippen molar-refractivity contribution in [2.75, 3.05) is 7.11 Å². The van der Waals surface area contributed by atoms with Gasteiger partial charge in [0.25, 0.3) is 5.91 Å². The van der Waals surface area contributed by atoms with E-state index in [0.717, 1.165) is 5.56 Å². The minimum atomic E-state index is -0.945. The molecule has 38 heavy (non-hydrogen) atoms. The summed E-state index contributed by atoms with van der Waals surface area (Å²) in [5.41, 5.74) is 0.699. The Morgan fingerprint density at radius 1 is 1.13 bits per heavy atom. The number of nitrogens with zero attached hydrogens (tertiary/aromatic N) is 1. The van der Waals surface area contributed by atoms with Crippen LogP contribution in [0.2, 0.25) is 0 Å². The molecule has 0 unspecified atom stereocenters. The molecule has 2 heterocycles. The monoisotopic (exact) mass is 522 g/mol. The van der Waals surface area contributed by atoms with Crippen LogP contribution in [0.4, 0.5) is 4.39 Å². The van der Waals surface area contributed by atoms with Crippen molar-refractivity contribution < 1.29 is 33.3 Å². The SMILES string of the molecule is COc1ccnc(C(=O)N[C@H]2CCC[C@H](Cc3ccc(F)cc3)[C@@H](Oc3ccccc3)[C@H](C)OC2=O)c1O. The van der Waals surface area contributed by atoms with Gasteiger partial charge in [0.1, 0.15) is 29.8 Å². The third-order valence-electron chi connectivity index (χ3n) is 6.64. The largest absolute Gasteiger partial charge is 0.503 e. The lowest BCUT2D eigenvalue weighted by molar-refractivity contribution is -0.156. The summed E-state index contributed by atoms with van der Waals surface area (Å²) in [4.78, 5) is 30.0. The lowest BCUT2D eigenvalue weighted by Crippen LogP contribution is -2.45. The molecule has 4 atom stereocenters. The molecular weight excluding hydrogens is 491 g/mol. The molecule has 1 aliphatic rings. The van der Waals surface area contributed by atoms with Gasteiger partial charge >= 0.3 is 5.97 Å². The minimum Gasteiger partial charge on any atom is -0.503 e. The molecule has 9 heteroatoms. The minimum absolute atomic E-state index is 0.0537. The predicted molar refractivity (Wildman–Crippen MR) is 138 cm³/mol. The first-order valence-corrected chi connectivity index (χ1v) is 12.5. The summed E-state index contributed by atoms with van der Waals surface area (Å²) in [7, 11) is 1.37. The quantitative estimate of drug-likeness (QED) is 0.442. The lowest BCUT2D eigenvalue weighted by Gasteiger charge is -2.31. The third kappa shape index (κ3) is 6.59. The fourth-order valence-corrected chi connectivity index (χ4v) is 4.70. The van der Waals surface area contributed by atoms with Gasteiger partial charge in [-0.05, 0) is 56.0 Å². The van der Waals surface area contributed by atoms with Crippen LogP contribution in [0.25, 0.3) is 0 Å². The van der Waals surface area contributed by atoms with Crippen molar-refractivity contribution in [2.45, 2.75) is 50.9 Å². The Hall–Kier alpha value is -4.14. The predicted octanol–water partition coefficient (Wildman–Crippen LogP) is 4.46. The van der Waals surface area contributed by atoms with Crippen molar-refractivity contribution in [1.82, 2.24) is 10.3 Å². The highest BCUT2D eigenvalue weighted by Gasteiger charge is 2.36. The van der Waals surface area contributed by atoms with E-state index < -0.39 is 35.9 Å². The molecule has 3 aromatic rings. The molecule has 0 saturated carbocycles. The summed E-state index contributed by atoms with van der Waals surface area (Å²) < 4.78 is 30.7. The van der Waals surface area contributed by atoms with Crippen LogP contribution in [0.15, 0.2) is 66.9 Å². The molecule has 2 aromatic carbocycles. The Kier molecular flexibility index (Phi) is 8.78. The van der Waals surface area contributed by atoms with Crippen LogP contribution < -0.4 is 14.8 Å². The van der Waals surface area contributed by atoms with Gasteiger partial charge < -0.3 is 24.6 Å². The molecular formula is C29H31FN2O6. The normalized spacial score (nSPS) is 21.8. The molecule has 1 fully saturated rings. The summed E-state index contributed by atoms with van der Waals surface area (Å²) in [6.45, 7) is 1.77. The van der Waals surface area contributed by atoms with Gasteiger partial charge in [-0.2, -0.15) is 0 Å². The molecule has 0 bridgehead atoms. The number of carbonyl (C=O) groups is 2. The van der Waals surface area contributed by atoms with E-state index in [-0.39, 0.29) is 23.2 Å². The maximum atomic E-state index is 13.5. The van der Waals surface area contributed by atoms with Gasteiger partial charge in [-0.1, -0.05) is 36.8 Å². The van der Waals surface area contributed by atoms with Crippen molar-refractivity contribution in [3.8, 4) is 17.2 Å². The molecule has 1 saturated heterocycles. The Morgan fingerprint density at radius 2 is 1.87 bits per heavy atom. The third-order valence-corrected chi connectivity index (χ3v) is 6.64. The number of amides is 1. The van der Waals surface area contributed by atoms with Gasteiger partial charge in [-0.15, -0.1) is 0 Å². The van der Waals surface area contributed by atoms with E-state index in [2.05, 4.69) is 10.3 Å². The number of rotatable bonds is 7. The van der Waals surface area contributed by atoms with Crippen LogP contribution in [-0.2, 0) is 16.0 Å². The number of aromatic nitrogens is 1.